The van der Waals surface area contributed by atoms with E-state index in [0.29, 0.717) is 16.5 Å². The van der Waals surface area contributed by atoms with Crippen molar-refractivity contribution in [2.75, 3.05) is 16.8 Å². The van der Waals surface area contributed by atoms with Crippen LogP contribution < -0.4 is 11.1 Å². The van der Waals surface area contributed by atoms with Gasteiger partial charge in [-0.15, -0.1) is 0 Å². The average Bonchev–Trinajstić information content (AvgIpc) is 2.40. The molecule has 2 aromatic rings. The number of thioether (sulfide) groups is 1. The van der Waals surface area contributed by atoms with Crippen molar-refractivity contribution >= 4 is 29.0 Å². The minimum atomic E-state index is -0.134. The maximum atomic E-state index is 11.7. The van der Waals surface area contributed by atoms with Crippen LogP contribution in [0.2, 0.25) is 0 Å². The summed E-state index contributed by atoms with van der Waals surface area (Å²) < 4.78 is 0. The Morgan fingerprint density at radius 1 is 1.22 bits per heavy atom. The quantitative estimate of drug-likeness (QED) is 0.497. The number of aromatic nitrogens is 2. The van der Waals surface area contributed by atoms with Gasteiger partial charge in [-0.2, -0.15) is 0 Å². The first-order valence-corrected chi connectivity index (χ1v) is 6.28. The van der Waals surface area contributed by atoms with E-state index >= 15 is 0 Å². The van der Waals surface area contributed by atoms with Crippen LogP contribution >= 0.6 is 11.8 Å². The number of hydrogen-bond donors (Lipinski definition) is 2. The number of nitrogens with zero attached hydrogens (tertiary/aromatic N) is 2. The number of hydrogen-bond acceptors (Lipinski definition) is 5. The van der Waals surface area contributed by atoms with Gasteiger partial charge in [0.25, 0.3) is 0 Å². The predicted octanol–water partition coefficient (Wildman–Crippen LogP) is 1.79. The van der Waals surface area contributed by atoms with Gasteiger partial charge in [0.15, 0.2) is 5.16 Å². The van der Waals surface area contributed by atoms with E-state index in [1.165, 1.54) is 11.8 Å². The number of nitrogens with one attached hydrogen (secondary N) is 1. The van der Waals surface area contributed by atoms with E-state index in [1.807, 2.05) is 12.1 Å². The number of benzene rings is 1. The Bertz CT molecular complexity index is 533. The second-order valence-corrected chi connectivity index (χ2v) is 4.40. The summed E-state index contributed by atoms with van der Waals surface area (Å²) in [6.07, 6.45) is 3.28. The fraction of sp³-hybridized carbons (Fsp3) is 0.0833. The average molecular weight is 260 g/mol. The molecule has 92 valence electrons. The molecule has 0 fully saturated rings. The largest absolute Gasteiger partial charge is 0.397 e. The van der Waals surface area contributed by atoms with E-state index in [1.54, 1.807) is 30.6 Å². The number of nitrogens with two attached hydrogens (primary N) is 1. The molecule has 1 heterocycles. The molecule has 0 atom stereocenters. The Labute approximate surface area is 109 Å². The second kappa shape index (κ2) is 6.02. The van der Waals surface area contributed by atoms with E-state index in [0.717, 1.165) is 0 Å². The number of amides is 1. The molecule has 0 aliphatic heterocycles. The molecule has 6 heteroatoms. The third-order valence-electron chi connectivity index (χ3n) is 2.11. The minimum Gasteiger partial charge on any atom is -0.397 e. The van der Waals surface area contributed by atoms with Crippen LogP contribution in [0.1, 0.15) is 0 Å². The zero-order valence-corrected chi connectivity index (χ0v) is 10.4. The second-order valence-electron chi connectivity index (χ2n) is 3.46. The Balaban J connectivity index is 1.88. The van der Waals surface area contributed by atoms with Crippen LogP contribution in [-0.4, -0.2) is 21.6 Å². The van der Waals surface area contributed by atoms with Gasteiger partial charge in [0.05, 0.1) is 17.1 Å². The summed E-state index contributed by atoms with van der Waals surface area (Å²) in [6, 6.07) is 8.87. The SMILES string of the molecule is Nc1ccccc1NC(=O)CSc1ncccn1. The van der Waals surface area contributed by atoms with Crippen LogP contribution in [0, 0.1) is 0 Å². The van der Waals surface area contributed by atoms with Crippen molar-refractivity contribution in [1.29, 1.82) is 0 Å². The van der Waals surface area contributed by atoms with Crippen LogP contribution in [0.15, 0.2) is 47.9 Å². The van der Waals surface area contributed by atoms with Crippen LogP contribution in [-0.2, 0) is 4.79 Å². The van der Waals surface area contributed by atoms with E-state index in [2.05, 4.69) is 15.3 Å². The zero-order valence-electron chi connectivity index (χ0n) is 9.54. The van der Waals surface area contributed by atoms with Crippen molar-refractivity contribution in [2.24, 2.45) is 0 Å². The normalized spacial score (nSPS) is 10.0. The Hall–Kier alpha value is -2.08. The monoisotopic (exact) mass is 260 g/mol. The van der Waals surface area contributed by atoms with Gasteiger partial charge in [-0.3, -0.25) is 4.79 Å². The Morgan fingerprint density at radius 2 is 1.94 bits per heavy atom. The molecule has 1 aromatic carbocycles. The van der Waals surface area contributed by atoms with Gasteiger partial charge in [-0.25, -0.2) is 9.97 Å². The topological polar surface area (TPSA) is 80.9 Å². The van der Waals surface area contributed by atoms with Gasteiger partial charge in [-0.05, 0) is 18.2 Å². The van der Waals surface area contributed by atoms with Gasteiger partial charge in [0.2, 0.25) is 5.91 Å². The highest BCUT2D eigenvalue weighted by atomic mass is 32.2. The van der Waals surface area contributed by atoms with E-state index < -0.39 is 0 Å². The molecular formula is C12H12N4OS. The van der Waals surface area contributed by atoms with Gasteiger partial charge < -0.3 is 11.1 Å². The third kappa shape index (κ3) is 3.46. The fourth-order valence-corrected chi connectivity index (χ4v) is 1.89. The molecule has 0 saturated carbocycles. The number of anilines is 2. The molecule has 0 bridgehead atoms. The summed E-state index contributed by atoms with van der Waals surface area (Å²) in [5.74, 6) is 0.114. The number of nitrogen functional groups attached to an aromatic ring is 1. The number of rotatable bonds is 4. The molecule has 2 rings (SSSR count). The highest BCUT2D eigenvalue weighted by molar-refractivity contribution is 7.99. The Kier molecular flexibility index (Phi) is 4.14. The van der Waals surface area contributed by atoms with Crippen molar-refractivity contribution < 1.29 is 4.79 Å². The smallest absolute Gasteiger partial charge is 0.234 e. The highest BCUT2D eigenvalue weighted by Crippen LogP contribution is 2.18. The number of carbonyl (C=O) groups is 1. The first kappa shape index (κ1) is 12.4. The fourth-order valence-electron chi connectivity index (χ4n) is 1.29. The summed E-state index contributed by atoms with van der Waals surface area (Å²) >= 11 is 1.28. The lowest BCUT2D eigenvalue weighted by Crippen LogP contribution is -2.15. The first-order valence-electron chi connectivity index (χ1n) is 5.30. The van der Waals surface area contributed by atoms with Gasteiger partial charge in [-0.1, -0.05) is 23.9 Å². The van der Waals surface area contributed by atoms with Crippen LogP contribution in [0.25, 0.3) is 0 Å². The first-order chi connectivity index (χ1) is 8.75. The molecule has 0 radical (unpaired) electrons. The van der Waals surface area contributed by atoms with Crippen LogP contribution in [0.5, 0.6) is 0 Å². The molecule has 0 saturated heterocycles. The Morgan fingerprint density at radius 3 is 2.67 bits per heavy atom. The van der Waals surface area contributed by atoms with Crippen molar-refractivity contribution in [1.82, 2.24) is 9.97 Å². The molecule has 3 N–H and O–H groups in total. The molecule has 0 unspecified atom stereocenters. The van der Waals surface area contributed by atoms with Gasteiger partial charge in [0, 0.05) is 12.4 Å². The predicted molar refractivity (Wildman–Crippen MR) is 72.2 cm³/mol. The summed E-state index contributed by atoms with van der Waals surface area (Å²) in [4.78, 5) is 19.7. The lowest BCUT2D eigenvalue weighted by Gasteiger charge is -2.06. The van der Waals surface area contributed by atoms with Gasteiger partial charge >= 0.3 is 0 Å². The third-order valence-corrected chi connectivity index (χ3v) is 2.98. The van der Waals surface area contributed by atoms with Gasteiger partial charge in [0.1, 0.15) is 0 Å². The standard InChI is InChI=1S/C12H12N4OS/c13-9-4-1-2-5-10(9)16-11(17)8-18-12-14-6-3-7-15-12/h1-7H,8,13H2,(H,16,17). The minimum absolute atomic E-state index is 0.134. The highest BCUT2D eigenvalue weighted by Gasteiger charge is 2.06. The maximum absolute atomic E-state index is 11.7. The van der Waals surface area contributed by atoms with E-state index in [9.17, 15) is 4.79 Å². The van der Waals surface area contributed by atoms with E-state index in [4.69, 9.17) is 5.73 Å². The van der Waals surface area contributed by atoms with Crippen molar-refractivity contribution in [3.63, 3.8) is 0 Å². The number of carbonyl (C=O) groups excluding carboxylic acids is 1. The molecular weight excluding hydrogens is 248 g/mol. The summed E-state index contributed by atoms with van der Waals surface area (Å²) in [6.45, 7) is 0. The molecule has 1 amide bonds. The molecule has 0 aliphatic rings. The zero-order chi connectivity index (χ0) is 12.8. The summed E-state index contributed by atoms with van der Waals surface area (Å²) in [5.41, 5.74) is 6.90. The van der Waals surface area contributed by atoms with E-state index in [-0.39, 0.29) is 11.7 Å². The maximum Gasteiger partial charge on any atom is 0.234 e. The molecule has 0 aliphatic carbocycles. The summed E-state index contributed by atoms with van der Waals surface area (Å²) in [5, 5.41) is 3.32. The van der Waals surface area contributed by atoms with Crippen LogP contribution in [0.4, 0.5) is 11.4 Å². The van der Waals surface area contributed by atoms with Crippen molar-refractivity contribution in [3.05, 3.63) is 42.7 Å². The molecule has 18 heavy (non-hydrogen) atoms. The van der Waals surface area contributed by atoms with Crippen LogP contribution in [0.3, 0.4) is 0 Å². The number of para-hydroxylation sites is 2. The lowest BCUT2D eigenvalue weighted by atomic mass is 10.3. The lowest BCUT2D eigenvalue weighted by molar-refractivity contribution is -0.113. The molecule has 0 spiro atoms. The van der Waals surface area contributed by atoms with Crippen molar-refractivity contribution in [3.8, 4) is 0 Å². The molecule has 1 aromatic heterocycles. The summed E-state index contributed by atoms with van der Waals surface area (Å²) in [7, 11) is 0. The molecule has 5 nitrogen and oxygen atoms in total. The van der Waals surface area contributed by atoms with Crippen molar-refractivity contribution in [2.45, 2.75) is 5.16 Å².